The molecule has 0 radical (unpaired) electrons. The number of nitriles is 2. The third-order valence-electron chi connectivity index (χ3n) is 3.18. The molecule has 0 spiro atoms. The van der Waals surface area contributed by atoms with Gasteiger partial charge in [-0.1, -0.05) is 29.8 Å². The van der Waals surface area contributed by atoms with Crippen LogP contribution in [0.15, 0.2) is 24.3 Å². The summed E-state index contributed by atoms with van der Waals surface area (Å²) >= 11 is 6.00. The number of primary amides is 1. The Kier molecular flexibility index (Phi) is 2.53. The summed E-state index contributed by atoms with van der Waals surface area (Å²) in [6.45, 7) is 0. The molecular weight excluding hydrogens is 238 g/mol. The highest BCUT2D eigenvalue weighted by Gasteiger charge is 2.71. The van der Waals surface area contributed by atoms with Gasteiger partial charge in [-0.3, -0.25) is 4.79 Å². The first-order chi connectivity index (χ1) is 8.09. The van der Waals surface area contributed by atoms with Gasteiger partial charge in [0, 0.05) is 10.9 Å². The zero-order chi connectivity index (χ0) is 12.6. The Hall–Kier alpha value is -2.04. The molecule has 1 aromatic rings. The summed E-state index contributed by atoms with van der Waals surface area (Å²) in [5.74, 6) is -2.01. The van der Waals surface area contributed by atoms with Crippen LogP contribution in [0.2, 0.25) is 5.02 Å². The second-order valence-corrected chi connectivity index (χ2v) is 4.36. The van der Waals surface area contributed by atoms with Crippen LogP contribution in [-0.4, -0.2) is 5.91 Å². The number of nitrogens with zero attached hydrogens (tertiary/aromatic N) is 2. The van der Waals surface area contributed by atoms with Gasteiger partial charge >= 0.3 is 0 Å². The number of rotatable bonds is 2. The first-order valence-electron chi connectivity index (χ1n) is 4.94. The molecule has 0 bridgehead atoms. The van der Waals surface area contributed by atoms with Crippen molar-refractivity contribution in [1.29, 1.82) is 10.5 Å². The summed E-state index contributed by atoms with van der Waals surface area (Å²) in [5.41, 5.74) is 4.43. The molecule has 1 aromatic carbocycles. The summed E-state index contributed by atoms with van der Waals surface area (Å²) < 4.78 is 0. The lowest BCUT2D eigenvalue weighted by Crippen LogP contribution is -2.26. The first kappa shape index (κ1) is 11.4. The van der Waals surface area contributed by atoms with Gasteiger partial charge in [-0.2, -0.15) is 10.5 Å². The molecule has 5 heteroatoms. The molecule has 2 rings (SSSR count). The molecular formula is C12H8ClN3O. The van der Waals surface area contributed by atoms with E-state index >= 15 is 0 Å². The highest BCUT2D eigenvalue weighted by atomic mass is 35.5. The number of hydrogen-bond donors (Lipinski definition) is 1. The number of benzene rings is 1. The highest BCUT2D eigenvalue weighted by molar-refractivity contribution is 6.31. The summed E-state index contributed by atoms with van der Waals surface area (Å²) in [6.07, 6.45) is 0. The normalized spacial score (nSPS) is 30.1. The number of nitrogens with two attached hydrogens (primary N) is 1. The summed E-state index contributed by atoms with van der Waals surface area (Å²) in [6, 6.07) is 10.7. The van der Waals surface area contributed by atoms with Crippen LogP contribution in [0, 0.1) is 34.0 Å². The maximum Gasteiger partial charge on any atom is 0.239 e. The molecule has 3 atom stereocenters. The lowest BCUT2D eigenvalue weighted by Gasteiger charge is -2.04. The molecule has 1 fully saturated rings. The van der Waals surface area contributed by atoms with E-state index in [-0.39, 0.29) is 0 Å². The molecule has 0 saturated heterocycles. The van der Waals surface area contributed by atoms with E-state index in [1.807, 2.05) is 12.1 Å². The van der Waals surface area contributed by atoms with Crippen LogP contribution in [0.5, 0.6) is 0 Å². The van der Waals surface area contributed by atoms with Crippen molar-refractivity contribution in [3.8, 4) is 12.1 Å². The quantitative estimate of drug-likeness (QED) is 0.857. The van der Waals surface area contributed by atoms with Gasteiger partial charge in [0.25, 0.3) is 0 Å². The lowest BCUT2D eigenvalue weighted by atomic mass is 10.00. The highest BCUT2D eigenvalue weighted by Crippen LogP contribution is 2.65. The van der Waals surface area contributed by atoms with E-state index in [0.717, 1.165) is 0 Å². The zero-order valence-electron chi connectivity index (χ0n) is 8.72. The largest absolute Gasteiger partial charge is 0.368 e. The summed E-state index contributed by atoms with van der Waals surface area (Å²) in [5, 5.41) is 18.5. The predicted octanol–water partition coefficient (Wildman–Crippen LogP) is 1.57. The molecule has 84 valence electrons. The topological polar surface area (TPSA) is 90.7 Å². The van der Waals surface area contributed by atoms with E-state index in [2.05, 4.69) is 0 Å². The SMILES string of the molecule is N#C[C@@H]1[C@H](c2ccccc2Cl)[C@@]1(C#N)C(N)=O. The van der Waals surface area contributed by atoms with Crippen LogP contribution in [0.4, 0.5) is 0 Å². The predicted molar refractivity (Wildman–Crippen MR) is 60.5 cm³/mol. The Morgan fingerprint density at radius 2 is 2.06 bits per heavy atom. The van der Waals surface area contributed by atoms with Gasteiger partial charge in [-0.25, -0.2) is 0 Å². The van der Waals surface area contributed by atoms with Crippen molar-refractivity contribution >= 4 is 17.5 Å². The third-order valence-corrected chi connectivity index (χ3v) is 3.52. The molecule has 0 heterocycles. The Labute approximate surface area is 103 Å². The number of hydrogen-bond acceptors (Lipinski definition) is 3. The van der Waals surface area contributed by atoms with Crippen molar-refractivity contribution in [1.82, 2.24) is 0 Å². The van der Waals surface area contributed by atoms with Crippen LogP contribution < -0.4 is 5.73 Å². The minimum absolute atomic E-state index is 0.441. The smallest absolute Gasteiger partial charge is 0.239 e. The fourth-order valence-corrected chi connectivity index (χ4v) is 2.47. The molecule has 1 aliphatic rings. The van der Waals surface area contributed by atoms with Gasteiger partial charge in [-0.05, 0) is 11.6 Å². The van der Waals surface area contributed by atoms with Crippen molar-refractivity contribution < 1.29 is 4.79 Å². The van der Waals surface area contributed by atoms with Crippen LogP contribution in [-0.2, 0) is 4.79 Å². The average molecular weight is 246 g/mol. The number of carbonyl (C=O) groups excluding carboxylic acids is 1. The molecule has 2 N–H and O–H groups in total. The van der Waals surface area contributed by atoms with E-state index in [9.17, 15) is 4.79 Å². The number of carbonyl (C=O) groups is 1. The van der Waals surface area contributed by atoms with Crippen LogP contribution >= 0.6 is 11.6 Å². The van der Waals surface area contributed by atoms with Gasteiger partial charge < -0.3 is 5.73 Å². The molecule has 1 amide bonds. The van der Waals surface area contributed by atoms with E-state index < -0.39 is 23.2 Å². The van der Waals surface area contributed by atoms with E-state index in [4.69, 9.17) is 27.9 Å². The first-order valence-corrected chi connectivity index (χ1v) is 5.32. The molecule has 0 aliphatic heterocycles. The monoisotopic (exact) mass is 245 g/mol. The fourth-order valence-electron chi connectivity index (χ4n) is 2.22. The fraction of sp³-hybridized carbons (Fsp3) is 0.250. The average Bonchev–Trinajstić information content (AvgIpc) is 2.98. The Morgan fingerprint density at radius 3 is 2.47 bits per heavy atom. The second kappa shape index (κ2) is 3.76. The zero-order valence-corrected chi connectivity index (χ0v) is 9.48. The van der Waals surface area contributed by atoms with Gasteiger partial charge in [0.2, 0.25) is 5.91 Å². The molecule has 4 nitrogen and oxygen atoms in total. The van der Waals surface area contributed by atoms with E-state index in [1.54, 1.807) is 24.3 Å². The standard InChI is InChI=1S/C12H8ClN3O/c13-9-4-2-1-3-7(9)10-8(5-14)12(10,6-15)11(16)17/h1-4,8,10H,(H2,16,17)/t8-,10+,12+/m1/s1. The van der Waals surface area contributed by atoms with Crippen LogP contribution in [0.1, 0.15) is 11.5 Å². The number of amides is 1. The third kappa shape index (κ3) is 1.39. The van der Waals surface area contributed by atoms with Crippen molar-refractivity contribution in [2.24, 2.45) is 17.1 Å². The van der Waals surface area contributed by atoms with Crippen molar-refractivity contribution in [2.75, 3.05) is 0 Å². The minimum atomic E-state index is -1.43. The van der Waals surface area contributed by atoms with E-state index in [0.29, 0.717) is 10.6 Å². The minimum Gasteiger partial charge on any atom is -0.368 e. The van der Waals surface area contributed by atoms with Gasteiger partial charge in [0.05, 0.1) is 18.1 Å². The lowest BCUT2D eigenvalue weighted by molar-refractivity contribution is -0.121. The molecule has 1 aliphatic carbocycles. The summed E-state index contributed by atoms with van der Waals surface area (Å²) in [4.78, 5) is 11.4. The van der Waals surface area contributed by atoms with Gasteiger partial charge in [-0.15, -0.1) is 0 Å². The van der Waals surface area contributed by atoms with E-state index in [1.165, 1.54) is 0 Å². The Bertz CT molecular complexity index is 572. The maximum absolute atomic E-state index is 11.4. The summed E-state index contributed by atoms with van der Waals surface area (Å²) in [7, 11) is 0. The van der Waals surface area contributed by atoms with Crippen molar-refractivity contribution in [2.45, 2.75) is 5.92 Å². The Balaban J connectivity index is 2.51. The molecule has 17 heavy (non-hydrogen) atoms. The van der Waals surface area contributed by atoms with Crippen LogP contribution in [0.3, 0.4) is 0 Å². The molecule has 0 aromatic heterocycles. The second-order valence-electron chi connectivity index (χ2n) is 3.95. The van der Waals surface area contributed by atoms with Crippen molar-refractivity contribution in [3.05, 3.63) is 34.9 Å². The molecule has 1 saturated carbocycles. The van der Waals surface area contributed by atoms with Crippen LogP contribution in [0.25, 0.3) is 0 Å². The van der Waals surface area contributed by atoms with Crippen molar-refractivity contribution in [3.63, 3.8) is 0 Å². The molecule has 0 unspecified atom stereocenters. The van der Waals surface area contributed by atoms with Gasteiger partial charge in [0.1, 0.15) is 0 Å². The Morgan fingerprint density at radius 1 is 1.41 bits per heavy atom. The maximum atomic E-state index is 11.4. The number of halogens is 1. The van der Waals surface area contributed by atoms with Gasteiger partial charge in [0.15, 0.2) is 5.41 Å².